The Morgan fingerprint density at radius 2 is 1.91 bits per heavy atom. The molecular weight excluding hydrogens is 280 g/mol. The van der Waals surface area contributed by atoms with Crippen molar-refractivity contribution in [1.29, 1.82) is 0 Å². The summed E-state index contributed by atoms with van der Waals surface area (Å²) in [6.45, 7) is 8.57. The molecule has 0 aliphatic carbocycles. The van der Waals surface area contributed by atoms with Crippen molar-refractivity contribution >= 4 is 5.91 Å². The molecule has 2 unspecified atom stereocenters. The minimum Gasteiger partial charge on any atom is -0.493 e. The van der Waals surface area contributed by atoms with Crippen LogP contribution >= 0.6 is 0 Å². The van der Waals surface area contributed by atoms with Crippen molar-refractivity contribution < 1.29 is 14.3 Å². The van der Waals surface area contributed by atoms with E-state index >= 15 is 0 Å². The SMILES string of the molecule is COc1cc(C(C)NC(=O)CC(C)N)ccc1OCC(C)C. The predicted octanol–water partition coefficient (Wildman–Crippen LogP) is 2.64. The Kier molecular flexibility index (Phi) is 7.18. The Balaban J connectivity index is 2.77. The molecule has 0 heterocycles. The second kappa shape index (κ2) is 8.63. The van der Waals surface area contributed by atoms with Crippen LogP contribution in [0.5, 0.6) is 11.5 Å². The summed E-state index contributed by atoms with van der Waals surface area (Å²) in [5.74, 6) is 1.78. The van der Waals surface area contributed by atoms with Crippen LogP contribution in [0.25, 0.3) is 0 Å². The summed E-state index contributed by atoms with van der Waals surface area (Å²) in [7, 11) is 1.61. The number of amides is 1. The maximum absolute atomic E-state index is 11.8. The molecular formula is C17H28N2O3. The van der Waals surface area contributed by atoms with Gasteiger partial charge >= 0.3 is 0 Å². The van der Waals surface area contributed by atoms with Gasteiger partial charge in [0.25, 0.3) is 0 Å². The van der Waals surface area contributed by atoms with Crippen LogP contribution in [-0.4, -0.2) is 25.7 Å². The van der Waals surface area contributed by atoms with Crippen LogP contribution in [0.4, 0.5) is 0 Å². The molecule has 5 heteroatoms. The number of nitrogens with two attached hydrogens (primary N) is 1. The molecule has 0 bridgehead atoms. The number of nitrogens with one attached hydrogen (secondary N) is 1. The fraction of sp³-hybridized carbons (Fsp3) is 0.588. The molecule has 0 radical (unpaired) electrons. The normalized spacial score (nSPS) is 13.6. The first-order chi connectivity index (χ1) is 10.3. The molecule has 5 nitrogen and oxygen atoms in total. The minimum atomic E-state index is -0.145. The van der Waals surface area contributed by atoms with E-state index in [9.17, 15) is 4.79 Å². The summed E-state index contributed by atoms with van der Waals surface area (Å²) in [4.78, 5) is 11.8. The molecule has 22 heavy (non-hydrogen) atoms. The highest BCUT2D eigenvalue weighted by Crippen LogP contribution is 2.30. The lowest BCUT2D eigenvalue weighted by Crippen LogP contribution is -2.31. The zero-order chi connectivity index (χ0) is 16.7. The fourth-order valence-electron chi connectivity index (χ4n) is 2.01. The number of hydrogen-bond acceptors (Lipinski definition) is 4. The van der Waals surface area contributed by atoms with Crippen molar-refractivity contribution in [3.63, 3.8) is 0 Å². The van der Waals surface area contributed by atoms with E-state index in [2.05, 4.69) is 19.2 Å². The Hall–Kier alpha value is -1.75. The van der Waals surface area contributed by atoms with E-state index < -0.39 is 0 Å². The Labute approximate surface area is 133 Å². The molecule has 0 saturated heterocycles. The van der Waals surface area contributed by atoms with Gasteiger partial charge < -0.3 is 20.5 Å². The van der Waals surface area contributed by atoms with E-state index in [1.165, 1.54) is 0 Å². The number of ether oxygens (including phenoxy) is 2. The van der Waals surface area contributed by atoms with Crippen molar-refractivity contribution in [2.45, 2.75) is 46.2 Å². The summed E-state index contributed by atoms with van der Waals surface area (Å²) < 4.78 is 11.1. The summed E-state index contributed by atoms with van der Waals surface area (Å²) in [5.41, 5.74) is 6.60. The standard InChI is InChI=1S/C17H28N2O3/c1-11(2)10-22-15-7-6-14(9-16(15)21-5)13(4)19-17(20)8-12(3)18/h6-7,9,11-13H,8,10,18H2,1-5H3,(H,19,20). The first-order valence-corrected chi connectivity index (χ1v) is 7.69. The van der Waals surface area contributed by atoms with Gasteiger partial charge in [0.2, 0.25) is 5.91 Å². The van der Waals surface area contributed by atoms with Crippen LogP contribution in [-0.2, 0) is 4.79 Å². The average Bonchev–Trinajstić information content (AvgIpc) is 2.43. The van der Waals surface area contributed by atoms with E-state index in [-0.39, 0.29) is 18.0 Å². The molecule has 1 amide bonds. The molecule has 0 aliphatic heterocycles. The second-order valence-electron chi connectivity index (χ2n) is 6.09. The largest absolute Gasteiger partial charge is 0.493 e. The van der Waals surface area contributed by atoms with Crippen LogP contribution < -0.4 is 20.5 Å². The predicted molar refractivity (Wildman–Crippen MR) is 88.2 cm³/mol. The van der Waals surface area contributed by atoms with Crippen molar-refractivity contribution in [1.82, 2.24) is 5.32 Å². The van der Waals surface area contributed by atoms with Crippen LogP contribution in [0, 0.1) is 5.92 Å². The number of hydrogen-bond donors (Lipinski definition) is 2. The lowest BCUT2D eigenvalue weighted by atomic mass is 10.1. The molecule has 124 valence electrons. The number of rotatable bonds is 8. The van der Waals surface area contributed by atoms with Gasteiger partial charge in [-0.15, -0.1) is 0 Å². The van der Waals surface area contributed by atoms with Gasteiger partial charge in [0, 0.05) is 12.5 Å². The molecule has 1 rings (SSSR count). The molecule has 0 aromatic heterocycles. The fourth-order valence-corrected chi connectivity index (χ4v) is 2.01. The van der Waals surface area contributed by atoms with Crippen LogP contribution in [0.2, 0.25) is 0 Å². The zero-order valence-corrected chi connectivity index (χ0v) is 14.2. The smallest absolute Gasteiger partial charge is 0.222 e. The Morgan fingerprint density at radius 3 is 2.45 bits per heavy atom. The number of methoxy groups -OCH3 is 1. The maximum atomic E-state index is 11.8. The van der Waals surface area contributed by atoms with Gasteiger partial charge in [-0.2, -0.15) is 0 Å². The van der Waals surface area contributed by atoms with Gasteiger partial charge in [-0.25, -0.2) is 0 Å². The van der Waals surface area contributed by atoms with E-state index in [1.807, 2.05) is 32.0 Å². The van der Waals surface area contributed by atoms with Crippen molar-refractivity contribution in [3.8, 4) is 11.5 Å². The third-order valence-corrected chi connectivity index (χ3v) is 3.14. The molecule has 0 saturated carbocycles. The van der Waals surface area contributed by atoms with Gasteiger partial charge in [-0.05, 0) is 37.5 Å². The average molecular weight is 308 g/mol. The van der Waals surface area contributed by atoms with Crippen molar-refractivity contribution in [2.24, 2.45) is 11.7 Å². The van der Waals surface area contributed by atoms with Crippen molar-refractivity contribution in [2.75, 3.05) is 13.7 Å². The van der Waals surface area contributed by atoms with Gasteiger partial charge in [-0.1, -0.05) is 19.9 Å². The van der Waals surface area contributed by atoms with Crippen LogP contribution in [0.1, 0.15) is 45.7 Å². The van der Waals surface area contributed by atoms with Crippen molar-refractivity contribution in [3.05, 3.63) is 23.8 Å². The topological polar surface area (TPSA) is 73.6 Å². The summed E-state index contributed by atoms with van der Waals surface area (Å²) in [5, 5.41) is 2.93. The lowest BCUT2D eigenvalue weighted by Gasteiger charge is -2.18. The summed E-state index contributed by atoms with van der Waals surface area (Å²) in [6.07, 6.45) is 0.317. The second-order valence-corrected chi connectivity index (χ2v) is 6.09. The molecule has 0 fully saturated rings. The quantitative estimate of drug-likeness (QED) is 0.774. The highest BCUT2D eigenvalue weighted by molar-refractivity contribution is 5.77. The molecule has 1 aromatic carbocycles. The van der Waals surface area contributed by atoms with E-state index in [0.717, 1.165) is 5.56 Å². The molecule has 2 atom stereocenters. The third-order valence-electron chi connectivity index (χ3n) is 3.14. The van der Waals surface area contributed by atoms with Gasteiger partial charge in [0.15, 0.2) is 11.5 Å². The zero-order valence-electron chi connectivity index (χ0n) is 14.2. The van der Waals surface area contributed by atoms with Gasteiger partial charge in [0.05, 0.1) is 19.8 Å². The molecule has 1 aromatic rings. The maximum Gasteiger partial charge on any atom is 0.222 e. The number of carbonyl (C=O) groups excluding carboxylic acids is 1. The monoisotopic (exact) mass is 308 g/mol. The van der Waals surface area contributed by atoms with E-state index in [4.69, 9.17) is 15.2 Å². The Bertz CT molecular complexity index is 487. The van der Waals surface area contributed by atoms with E-state index in [0.29, 0.717) is 30.4 Å². The molecule has 3 N–H and O–H groups in total. The van der Waals surface area contributed by atoms with Gasteiger partial charge in [-0.3, -0.25) is 4.79 Å². The minimum absolute atomic E-state index is 0.0541. The first kappa shape index (κ1) is 18.3. The molecule has 0 aliphatic rings. The summed E-state index contributed by atoms with van der Waals surface area (Å²) in [6, 6.07) is 5.46. The lowest BCUT2D eigenvalue weighted by molar-refractivity contribution is -0.122. The first-order valence-electron chi connectivity index (χ1n) is 7.69. The van der Waals surface area contributed by atoms with E-state index in [1.54, 1.807) is 7.11 Å². The third kappa shape index (κ3) is 5.93. The highest BCUT2D eigenvalue weighted by Gasteiger charge is 2.14. The van der Waals surface area contributed by atoms with Crippen LogP contribution in [0.3, 0.4) is 0 Å². The highest BCUT2D eigenvalue weighted by atomic mass is 16.5. The van der Waals surface area contributed by atoms with Crippen LogP contribution in [0.15, 0.2) is 18.2 Å². The molecule has 0 spiro atoms. The van der Waals surface area contributed by atoms with Gasteiger partial charge in [0.1, 0.15) is 0 Å². The number of benzene rings is 1. The summed E-state index contributed by atoms with van der Waals surface area (Å²) >= 11 is 0. The number of carbonyl (C=O) groups is 1. The Morgan fingerprint density at radius 1 is 1.23 bits per heavy atom.